The maximum Gasteiger partial charge on any atom is 0.124 e. The first-order valence-electron chi connectivity index (χ1n) is 7.94. The predicted molar refractivity (Wildman–Crippen MR) is 94.9 cm³/mol. The molecule has 0 fully saturated rings. The number of halogens is 1. The number of hydrogen-bond acceptors (Lipinski definition) is 3. The quantitative estimate of drug-likeness (QED) is 0.651. The van der Waals surface area contributed by atoms with Gasteiger partial charge in [0.15, 0.2) is 0 Å². The Labute approximate surface area is 146 Å². The van der Waals surface area contributed by atoms with Gasteiger partial charge in [-0.15, -0.1) is 0 Å². The Morgan fingerprint density at radius 3 is 2.71 bits per heavy atom. The highest BCUT2D eigenvalue weighted by Gasteiger charge is 2.19. The van der Waals surface area contributed by atoms with Gasteiger partial charge in [0.2, 0.25) is 0 Å². The van der Waals surface area contributed by atoms with Crippen molar-refractivity contribution in [1.82, 2.24) is 14.5 Å². The number of aromatic nitrogens is 3. The molecule has 0 spiro atoms. The van der Waals surface area contributed by atoms with Crippen molar-refractivity contribution in [2.24, 2.45) is 0 Å². The van der Waals surface area contributed by atoms with E-state index in [4.69, 9.17) is 4.98 Å². The Bertz CT molecular complexity index is 828. The van der Waals surface area contributed by atoms with Crippen LogP contribution in [0.25, 0.3) is 0 Å². The van der Waals surface area contributed by atoms with Gasteiger partial charge in [-0.1, -0.05) is 37.7 Å². The van der Waals surface area contributed by atoms with E-state index in [1.54, 1.807) is 30.1 Å². The first-order valence-corrected chi connectivity index (χ1v) is 8.75. The van der Waals surface area contributed by atoms with E-state index >= 15 is 0 Å². The minimum Gasteiger partial charge on any atom is -0.318 e. The van der Waals surface area contributed by atoms with Gasteiger partial charge in [-0.05, 0) is 42.7 Å². The number of nitrogens with zero attached hydrogens (tertiary/aromatic N) is 3. The molecule has 24 heavy (non-hydrogen) atoms. The summed E-state index contributed by atoms with van der Waals surface area (Å²) in [5.74, 6) is 1.04. The molecule has 0 aliphatic heterocycles. The summed E-state index contributed by atoms with van der Waals surface area (Å²) in [6.07, 6.45) is 3.64. The highest BCUT2D eigenvalue weighted by atomic mass is 32.2. The van der Waals surface area contributed by atoms with Crippen LogP contribution in [-0.4, -0.2) is 14.5 Å². The third kappa shape index (κ3) is 3.67. The summed E-state index contributed by atoms with van der Waals surface area (Å²) >= 11 is 1.56. The molecule has 0 bridgehead atoms. The Morgan fingerprint density at radius 1 is 1.21 bits per heavy atom. The molecule has 1 aromatic carbocycles. The van der Waals surface area contributed by atoms with Crippen molar-refractivity contribution in [3.63, 3.8) is 0 Å². The van der Waals surface area contributed by atoms with Crippen LogP contribution in [0.15, 0.2) is 58.7 Å². The standard InChI is InChI=1S/C19H20FN3S/c1-13(2)18-19(24-17-8-4-7-16(20)10-17)23(14(3)22-18)12-15-6-5-9-21-11-15/h4-11,13H,12H2,1-3H3. The predicted octanol–water partition coefficient (Wildman–Crippen LogP) is 5.05. The van der Waals surface area contributed by atoms with Crippen LogP contribution in [0.1, 0.15) is 36.8 Å². The average molecular weight is 341 g/mol. The van der Waals surface area contributed by atoms with Gasteiger partial charge >= 0.3 is 0 Å². The molecule has 3 aromatic rings. The van der Waals surface area contributed by atoms with E-state index in [1.807, 2.05) is 25.3 Å². The molecule has 3 nitrogen and oxygen atoms in total. The highest BCUT2D eigenvalue weighted by molar-refractivity contribution is 7.99. The fraction of sp³-hybridized carbons (Fsp3) is 0.263. The molecule has 0 saturated carbocycles. The van der Waals surface area contributed by atoms with Crippen molar-refractivity contribution in [2.75, 3.05) is 0 Å². The second-order valence-corrected chi connectivity index (χ2v) is 7.07. The second kappa shape index (κ2) is 7.18. The molecule has 0 saturated heterocycles. The number of imidazole rings is 1. The molecule has 0 radical (unpaired) electrons. The van der Waals surface area contributed by atoms with E-state index in [9.17, 15) is 4.39 Å². The van der Waals surface area contributed by atoms with E-state index in [-0.39, 0.29) is 5.82 Å². The van der Waals surface area contributed by atoms with Crippen LogP contribution in [0.3, 0.4) is 0 Å². The minimum atomic E-state index is -0.221. The molecule has 2 heterocycles. The molecule has 3 rings (SSSR count). The third-order valence-corrected chi connectivity index (χ3v) is 4.87. The molecular formula is C19H20FN3S. The molecule has 124 valence electrons. The van der Waals surface area contributed by atoms with E-state index in [0.29, 0.717) is 12.5 Å². The Kier molecular flexibility index (Phi) is 5.00. The summed E-state index contributed by atoms with van der Waals surface area (Å²) in [6, 6.07) is 10.7. The van der Waals surface area contributed by atoms with Gasteiger partial charge < -0.3 is 4.57 Å². The van der Waals surface area contributed by atoms with Crippen LogP contribution in [0.2, 0.25) is 0 Å². The van der Waals surface area contributed by atoms with Crippen molar-refractivity contribution >= 4 is 11.8 Å². The van der Waals surface area contributed by atoms with Crippen molar-refractivity contribution in [2.45, 2.75) is 43.2 Å². The average Bonchev–Trinajstić information content (AvgIpc) is 2.85. The summed E-state index contributed by atoms with van der Waals surface area (Å²) in [5.41, 5.74) is 2.17. The van der Waals surface area contributed by atoms with Gasteiger partial charge in [0.05, 0.1) is 12.2 Å². The number of pyridine rings is 1. The summed E-state index contributed by atoms with van der Waals surface area (Å²) in [4.78, 5) is 9.82. The number of benzene rings is 1. The lowest BCUT2D eigenvalue weighted by Crippen LogP contribution is -2.04. The Balaban J connectivity index is 2.01. The molecular weight excluding hydrogens is 321 g/mol. The summed E-state index contributed by atoms with van der Waals surface area (Å²) in [6.45, 7) is 6.98. The molecule has 0 atom stereocenters. The monoisotopic (exact) mass is 341 g/mol. The molecule has 0 aliphatic carbocycles. The van der Waals surface area contributed by atoms with Crippen molar-refractivity contribution < 1.29 is 4.39 Å². The molecule has 5 heteroatoms. The molecule has 0 aliphatic rings. The van der Waals surface area contributed by atoms with Gasteiger partial charge in [0, 0.05) is 17.3 Å². The fourth-order valence-electron chi connectivity index (χ4n) is 2.55. The van der Waals surface area contributed by atoms with Crippen molar-refractivity contribution in [1.29, 1.82) is 0 Å². The van der Waals surface area contributed by atoms with E-state index in [2.05, 4.69) is 29.5 Å². The zero-order valence-corrected chi connectivity index (χ0v) is 14.8. The summed E-state index contributed by atoms with van der Waals surface area (Å²) < 4.78 is 15.7. The minimum absolute atomic E-state index is 0.221. The van der Waals surface area contributed by atoms with Crippen LogP contribution in [0.5, 0.6) is 0 Å². The summed E-state index contributed by atoms with van der Waals surface area (Å²) in [7, 11) is 0. The van der Waals surface area contributed by atoms with Crippen LogP contribution < -0.4 is 0 Å². The van der Waals surface area contributed by atoms with Crippen LogP contribution >= 0.6 is 11.8 Å². The van der Waals surface area contributed by atoms with Gasteiger partial charge in [-0.3, -0.25) is 4.98 Å². The molecule has 0 amide bonds. The van der Waals surface area contributed by atoms with Gasteiger partial charge in [-0.25, -0.2) is 9.37 Å². The fourth-order valence-corrected chi connectivity index (χ4v) is 3.79. The van der Waals surface area contributed by atoms with Gasteiger partial charge in [-0.2, -0.15) is 0 Å². The second-order valence-electron chi connectivity index (χ2n) is 6.01. The smallest absolute Gasteiger partial charge is 0.124 e. The highest BCUT2D eigenvalue weighted by Crippen LogP contribution is 2.35. The molecule has 0 N–H and O–H groups in total. The molecule has 2 aromatic heterocycles. The lowest BCUT2D eigenvalue weighted by atomic mass is 10.1. The SMILES string of the molecule is Cc1nc(C(C)C)c(Sc2cccc(F)c2)n1Cc1cccnc1. The van der Waals surface area contributed by atoms with Gasteiger partial charge in [0.1, 0.15) is 16.7 Å². The van der Waals surface area contributed by atoms with E-state index in [1.165, 1.54) is 6.07 Å². The van der Waals surface area contributed by atoms with Crippen molar-refractivity contribution in [3.8, 4) is 0 Å². The number of aryl methyl sites for hydroxylation is 1. The Morgan fingerprint density at radius 2 is 2.04 bits per heavy atom. The van der Waals surface area contributed by atoms with E-state index in [0.717, 1.165) is 27.0 Å². The first kappa shape index (κ1) is 16.7. The lowest BCUT2D eigenvalue weighted by Gasteiger charge is -2.12. The summed E-state index contributed by atoms with van der Waals surface area (Å²) in [5, 5.41) is 1.07. The topological polar surface area (TPSA) is 30.7 Å². The van der Waals surface area contributed by atoms with Crippen LogP contribution in [0.4, 0.5) is 4.39 Å². The number of rotatable bonds is 5. The largest absolute Gasteiger partial charge is 0.318 e. The first-order chi connectivity index (χ1) is 11.5. The van der Waals surface area contributed by atoms with Crippen LogP contribution in [-0.2, 0) is 6.54 Å². The van der Waals surface area contributed by atoms with Gasteiger partial charge in [0.25, 0.3) is 0 Å². The third-order valence-electron chi connectivity index (χ3n) is 3.76. The van der Waals surface area contributed by atoms with Crippen molar-refractivity contribution in [3.05, 3.63) is 71.7 Å². The number of hydrogen-bond donors (Lipinski definition) is 0. The van der Waals surface area contributed by atoms with Crippen LogP contribution in [0, 0.1) is 12.7 Å². The normalized spacial score (nSPS) is 11.2. The van der Waals surface area contributed by atoms with E-state index < -0.39 is 0 Å². The zero-order valence-electron chi connectivity index (χ0n) is 14.0. The maximum absolute atomic E-state index is 13.5. The molecule has 0 unspecified atom stereocenters. The maximum atomic E-state index is 13.5. The lowest BCUT2D eigenvalue weighted by molar-refractivity contribution is 0.624. The Hall–Kier alpha value is -2.14. The zero-order chi connectivity index (χ0) is 17.1.